The molecule has 0 aliphatic heterocycles. The highest BCUT2D eigenvalue weighted by Gasteiger charge is 2.61. The zero-order chi connectivity index (χ0) is 11.1. The third-order valence-electron chi connectivity index (χ3n) is 4.32. The predicted octanol–water partition coefficient (Wildman–Crippen LogP) is 3.56. The maximum absolute atomic E-state index is 3.64. The van der Waals surface area contributed by atoms with Crippen molar-refractivity contribution in [1.82, 2.24) is 5.32 Å². The van der Waals surface area contributed by atoms with Crippen molar-refractivity contribution in [1.29, 1.82) is 0 Å². The second-order valence-electron chi connectivity index (χ2n) is 5.79. The fourth-order valence-corrected chi connectivity index (χ4v) is 4.31. The van der Waals surface area contributed by atoms with Gasteiger partial charge in [0.2, 0.25) is 0 Å². The van der Waals surface area contributed by atoms with E-state index < -0.39 is 0 Å². The summed E-state index contributed by atoms with van der Waals surface area (Å²) < 4.78 is 0. The highest BCUT2D eigenvalue weighted by atomic mass is 32.1. The highest BCUT2D eigenvalue weighted by molar-refractivity contribution is 7.10. The summed E-state index contributed by atoms with van der Waals surface area (Å²) in [5.41, 5.74) is 1.29. The summed E-state index contributed by atoms with van der Waals surface area (Å²) in [6.07, 6.45) is 7.11. The molecule has 0 atom stereocenters. The van der Waals surface area contributed by atoms with Crippen LogP contribution in [0.4, 0.5) is 0 Å². The summed E-state index contributed by atoms with van der Waals surface area (Å²) in [5.74, 6) is 0. The molecule has 2 saturated carbocycles. The second kappa shape index (κ2) is 3.85. The van der Waals surface area contributed by atoms with Crippen LogP contribution in [0.1, 0.15) is 43.9 Å². The van der Waals surface area contributed by atoms with Gasteiger partial charge < -0.3 is 5.32 Å². The van der Waals surface area contributed by atoms with E-state index in [9.17, 15) is 0 Å². The van der Waals surface area contributed by atoms with Crippen molar-refractivity contribution in [2.45, 2.75) is 44.4 Å². The lowest BCUT2D eigenvalue weighted by Crippen LogP contribution is -2.49. The Bertz CT molecular complexity index is 343. The molecule has 0 amide bonds. The van der Waals surface area contributed by atoms with E-state index >= 15 is 0 Å². The van der Waals surface area contributed by atoms with Gasteiger partial charge >= 0.3 is 0 Å². The minimum atomic E-state index is 0.500. The molecule has 2 aliphatic carbocycles. The minimum absolute atomic E-state index is 0.500. The first-order chi connectivity index (χ1) is 7.79. The molecule has 0 bridgehead atoms. The number of hydrogen-bond donors (Lipinski definition) is 1. The van der Waals surface area contributed by atoms with Gasteiger partial charge in [-0.3, -0.25) is 0 Å². The van der Waals surface area contributed by atoms with Crippen LogP contribution in [-0.4, -0.2) is 13.1 Å². The van der Waals surface area contributed by atoms with Crippen LogP contribution in [-0.2, 0) is 5.41 Å². The number of rotatable bonds is 5. The monoisotopic (exact) mass is 235 g/mol. The Morgan fingerprint density at radius 3 is 2.75 bits per heavy atom. The van der Waals surface area contributed by atoms with Crippen LogP contribution in [0.15, 0.2) is 17.5 Å². The van der Waals surface area contributed by atoms with Crippen LogP contribution in [0, 0.1) is 5.41 Å². The third kappa shape index (κ3) is 1.72. The average Bonchev–Trinajstić information content (AvgIpc) is 2.82. The quantitative estimate of drug-likeness (QED) is 0.770. The van der Waals surface area contributed by atoms with Crippen molar-refractivity contribution in [2.24, 2.45) is 5.41 Å². The summed E-state index contributed by atoms with van der Waals surface area (Å²) in [5, 5.41) is 5.87. The molecule has 1 aromatic rings. The number of thiophene rings is 1. The minimum Gasteiger partial charge on any atom is -0.316 e. The summed E-state index contributed by atoms with van der Waals surface area (Å²) in [4.78, 5) is 1.62. The zero-order valence-corrected chi connectivity index (χ0v) is 10.9. The molecule has 2 aliphatic rings. The van der Waals surface area contributed by atoms with E-state index in [1.165, 1.54) is 45.2 Å². The predicted molar refractivity (Wildman–Crippen MR) is 70.1 cm³/mol. The van der Waals surface area contributed by atoms with Crippen molar-refractivity contribution in [2.75, 3.05) is 13.1 Å². The van der Waals surface area contributed by atoms with Gasteiger partial charge in [0.15, 0.2) is 0 Å². The van der Waals surface area contributed by atoms with Gasteiger partial charge in [-0.05, 0) is 55.5 Å². The number of hydrogen-bond acceptors (Lipinski definition) is 2. The van der Waals surface area contributed by atoms with Gasteiger partial charge in [0.05, 0.1) is 0 Å². The molecule has 0 unspecified atom stereocenters. The van der Waals surface area contributed by atoms with Crippen LogP contribution in [0.5, 0.6) is 0 Å². The fraction of sp³-hybridized carbons (Fsp3) is 0.714. The van der Waals surface area contributed by atoms with Crippen LogP contribution in [0.3, 0.4) is 0 Å². The number of nitrogens with one attached hydrogen (secondary N) is 1. The van der Waals surface area contributed by atoms with Crippen molar-refractivity contribution >= 4 is 11.3 Å². The van der Waals surface area contributed by atoms with Crippen molar-refractivity contribution in [3.8, 4) is 0 Å². The van der Waals surface area contributed by atoms with E-state index in [0.29, 0.717) is 5.41 Å². The first-order valence-corrected chi connectivity index (χ1v) is 7.41. The molecule has 1 spiro atoms. The summed E-state index contributed by atoms with van der Waals surface area (Å²) in [6, 6.07) is 4.55. The van der Waals surface area contributed by atoms with Gasteiger partial charge in [-0.15, -0.1) is 11.3 Å². The Morgan fingerprint density at radius 1 is 1.38 bits per heavy atom. The normalized spacial score (nSPS) is 24.3. The SMILES string of the molecule is CCCNCC1(c2cccs2)CC2(CC2)C1. The van der Waals surface area contributed by atoms with Gasteiger partial charge in [0.1, 0.15) is 0 Å². The van der Waals surface area contributed by atoms with Crippen LogP contribution in [0.2, 0.25) is 0 Å². The maximum atomic E-state index is 3.64. The lowest BCUT2D eigenvalue weighted by Gasteiger charge is -2.48. The molecular weight excluding hydrogens is 214 g/mol. The van der Waals surface area contributed by atoms with Crippen molar-refractivity contribution in [3.05, 3.63) is 22.4 Å². The van der Waals surface area contributed by atoms with Crippen LogP contribution in [0.25, 0.3) is 0 Å². The Kier molecular flexibility index (Phi) is 2.60. The van der Waals surface area contributed by atoms with E-state index in [1.807, 2.05) is 11.3 Å². The van der Waals surface area contributed by atoms with Gasteiger partial charge in [-0.2, -0.15) is 0 Å². The highest BCUT2D eigenvalue weighted by Crippen LogP contribution is 2.69. The van der Waals surface area contributed by atoms with Gasteiger partial charge in [-0.25, -0.2) is 0 Å². The molecule has 1 aromatic heterocycles. The molecular formula is C14H21NS. The smallest absolute Gasteiger partial charge is 0.0182 e. The lowest BCUT2D eigenvalue weighted by atomic mass is 9.58. The molecule has 1 heterocycles. The third-order valence-corrected chi connectivity index (χ3v) is 5.43. The van der Waals surface area contributed by atoms with Crippen LogP contribution >= 0.6 is 11.3 Å². The zero-order valence-electron chi connectivity index (χ0n) is 10.1. The Hall–Kier alpha value is -0.340. The molecule has 16 heavy (non-hydrogen) atoms. The Morgan fingerprint density at radius 2 is 2.19 bits per heavy atom. The summed E-state index contributed by atoms with van der Waals surface area (Å²) in [7, 11) is 0. The first kappa shape index (κ1) is 10.8. The molecule has 2 heteroatoms. The van der Waals surface area contributed by atoms with Gasteiger partial charge in [-0.1, -0.05) is 13.0 Å². The van der Waals surface area contributed by atoms with E-state index in [0.717, 1.165) is 5.41 Å². The molecule has 2 fully saturated rings. The molecule has 0 saturated heterocycles. The first-order valence-electron chi connectivity index (χ1n) is 6.53. The standard InChI is InChI=1S/C14H21NS/c1-2-7-15-11-14(12-4-3-8-16-12)9-13(10-14)5-6-13/h3-4,8,15H,2,5-7,9-11H2,1H3. The van der Waals surface area contributed by atoms with E-state index in [2.05, 4.69) is 29.8 Å². The average molecular weight is 235 g/mol. The lowest BCUT2D eigenvalue weighted by molar-refractivity contribution is 0.120. The van der Waals surface area contributed by atoms with Crippen molar-refractivity contribution in [3.63, 3.8) is 0 Å². The van der Waals surface area contributed by atoms with E-state index in [1.54, 1.807) is 4.88 Å². The van der Waals surface area contributed by atoms with Crippen LogP contribution < -0.4 is 5.32 Å². The Balaban J connectivity index is 1.69. The summed E-state index contributed by atoms with van der Waals surface area (Å²) >= 11 is 1.95. The molecule has 0 aromatic carbocycles. The molecule has 0 radical (unpaired) electrons. The van der Waals surface area contributed by atoms with E-state index in [4.69, 9.17) is 0 Å². The molecule has 88 valence electrons. The molecule has 1 nitrogen and oxygen atoms in total. The topological polar surface area (TPSA) is 12.0 Å². The molecule has 1 N–H and O–H groups in total. The van der Waals surface area contributed by atoms with E-state index in [-0.39, 0.29) is 0 Å². The maximum Gasteiger partial charge on any atom is 0.0182 e. The largest absolute Gasteiger partial charge is 0.316 e. The summed E-state index contributed by atoms with van der Waals surface area (Å²) in [6.45, 7) is 4.61. The fourth-order valence-electron chi connectivity index (χ4n) is 3.39. The van der Waals surface area contributed by atoms with Crippen molar-refractivity contribution < 1.29 is 0 Å². The molecule has 3 rings (SSSR count). The Labute approximate surface area is 102 Å². The second-order valence-corrected chi connectivity index (χ2v) is 6.74. The van der Waals surface area contributed by atoms with Gasteiger partial charge in [0.25, 0.3) is 0 Å². The van der Waals surface area contributed by atoms with Gasteiger partial charge in [0, 0.05) is 16.8 Å².